The lowest BCUT2D eigenvalue weighted by Gasteiger charge is -2.47. The first kappa shape index (κ1) is 17.4. The number of hydrogen-bond acceptors (Lipinski definition) is 6. The first-order valence-electron chi connectivity index (χ1n) is 8.60. The summed E-state index contributed by atoms with van der Waals surface area (Å²) < 4.78 is 6.92. The van der Waals surface area contributed by atoms with Gasteiger partial charge in [-0.25, -0.2) is 9.97 Å². The molecule has 4 heterocycles. The lowest BCUT2D eigenvalue weighted by molar-refractivity contribution is -0.139. The Bertz CT molecular complexity index is 766. The molecule has 1 saturated heterocycles. The smallest absolute Gasteiger partial charge is 0.125 e. The summed E-state index contributed by atoms with van der Waals surface area (Å²) in [6, 6.07) is 2.26. The fourth-order valence-corrected chi connectivity index (χ4v) is 5.40. The van der Waals surface area contributed by atoms with E-state index in [1.807, 2.05) is 25.4 Å². The maximum Gasteiger partial charge on any atom is 0.125 e. The average Bonchev–Trinajstić information content (AvgIpc) is 2.99. The van der Waals surface area contributed by atoms with E-state index in [2.05, 4.69) is 21.8 Å². The predicted octanol–water partition coefficient (Wildman–Crippen LogP) is 3.44. The van der Waals surface area contributed by atoms with Crippen LogP contribution in [-0.4, -0.2) is 39.2 Å². The Balaban J connectivity index is 1.53. The first-order valence-corrected chi connectivity index (χ1v) is 9.79. The van der Waals surface area contributed by atoms with Gasteiger partial charge in [-0.15, -0.1) is 11.3 Å². The molecule has 0 amide bonds. The van der Waals surface area contributed by atoms with Gasteiger partial charge >= 0.3 is 0 Å². The molecule has 3 atom stereocenters. The molecule has 2 aliphatic heterocycles. The Morgan fingerprint density at radius 1 is 1.44 bits per heavy atom. The van der Waals surface area contributed by atoms with Gasteiger partial charge in [-0.1, -0.05) is 11.6 Å². The minimum absolute atomic E-state index is 0.313. The molecule has 2 aromatic rings. The van der Waals surface area contributed by atoms with Gasteiger partial charge in [0.05, 0.1) is 10.9 Å². The van der Waals surface area contributed by atoms with Crippen LogP contribution in [0.4, 0.5) is 0 Å². The Morgan fingerprint density at radius 2 is 2.20 bits per heavy atom. The second-order valence-corrected chi connectivity index (χ2v) is 8.75. The van der Waals surface area contributed by atoms with Crippen LogP contribution < -0.4 is 0 Å². The molecule has 0 radical (unpaired) electrons. The number of aromatic nitrogens is 2. The van der Waals surface area contributed by atoms with Crippen molar-refractivity contribution in [1.82, 2.24) is 14.9 Å². The number of nitrogens with zero attached hydrogens (tertiary/aromatic N) is 3. The maximum absolute atomic E-state index is 10.2. The lowest BCUT2D eigenvalue weighted by Crippen LogP contribution is -2.50. The van der Waals surface area contributed by atoms with Crippen molar-refractivity contribution in [2.75, 3.05) is 13.2 Å². The van der Waals surface area contributed by atoms with E-state index in [9.17, 15) is 5.11 Å². The fourth-order valence-electron chi connectivity index (χ4n) is 3.93. The van der Waals surface area contributed by atoms with Crippen molar-refractivity contribution in [2.45, 2.75) is 51.0 Å². The predicted molar refractivity (Wildman–Crippen MR) is 97.8 cm³/mol. The SMILES string of the molecule is Cc1ncc(CN2CC[C@]3(C[C@@H]2C)OC[C@H](O)c2cc(Cl)sc23)cn1. The average molecular weight is 380 g/mol. The van der Waals surface area contributed by atoms with Crippen LogP contribution in [0.2, 0.25) is 4.34 Å². The van der Waals surface area contributed by atoms with E-state index < -0.39 is 6.10 Å². The zero-order valence-corrected chi connectivity index (χ0v) is 16.0. The number of piperidine rings is 1. The van der Waals surface area contributed by atoms with E-state index in [1.54, 1.807) is 11.3 Å². The number of rotatable bonds is 2. The highest BCUT2D eigenvalue weighted by Gasteiger charge is 2.46. The van der Waals surface area contributed by atoms with Gasteiger partial charge in [0.15, 0.2) is 0 Å². The molecule has 2 aliphatic rings. The molecule has 0 unspecified atom stereocenters. The molecular weight excluding hydrogens is 358 g/mol. The van der Waals surface area contributed by atoms with Crippen LogP contribution >= 0.6 is 22.9 Å². The quantitative estimate of drug-likeness (QED) is 0.866. The Kier molecular flexibility index (Phi) is 4.58. The van der Waals surface area contributed by atoms with E-state index >= 15 is 0 Å². The molecule has 2 aromatic heterocycles. The third-order valence-corrected chi connectivity index (χ3v) is 6.76. The third kappa shape index (κ3) is 3.22. The van der Waals surface area contributed by atoms with Crippen LogP contribution in [0.15, 0.2) is 18.5 Å². The number of aliphatic hydroxyl groups is 1. The molecule has 1 spiro atoms. The molecule has 0 saturated carbocycles. The molecule has 25 heavy (non-hydrogen) atoms. The van der Waals surface area contributed by atoms with Crippen LogP contribution in [0.25, 0.3) is 0 Å². The number of hydrogen-bond donors (Lipinski definition) is 1. The standard InChI is InChI=1S/C18H22ClN3O2S/c1-11-6-18(17-14(5-16(19)25-17)15(23)10-24-18)3-4-22(11)9-13-7-20-12(2)21-8-13/h5,7-8,11,15,23H,3-4,6,9-10H2,1-2H3/t11-,15-,18+/m0/s1. The fraction of sp³-hybridized carbons (Fsp3) is 0.556. The monoisotopic (exact) mass is 379 g/mol. The van der Waals surface area contributed by atoms with Gasteiger partial charge in [-0.3, -0.25) is 4.90 Å². The summed E-state index contributed by atoms with van der Waals surface area (Å²) in [7, 11) is 0. The molecule has 4 rings (SSSR count). The summed E-state index contributed by atoms with van der Waals surface area (Å²) >= 11 is 7.78. The normalized spacial score (nSPS) is 29.8. The van der Waals surface area contributed by atoms with Gasteiger partial charge in [0.25, 0.3) is 0 Å². The largest absolute Gasteiger partial charge is 0.386 e. The summed E-state index contributed by atoms with van der Waals surface area (Å²) in [5.74, 6) is 0.797. The van der Waals surface area contributed by atoms with E-state index in [-0.39, 0.29) is 5.60 Å². The number of thiophene rings is 1. The van der Waals surface area contributed by atoms with Gasteiger partial charge in [0, 0.05) is 47.5 Å². The highest BCUT2D eigenvalue weighted by atomic mass is 35.5. The van der Waals surface area contributed by atoms with Crippen molar-refractivity contribution in [3.05, 3.63) is 44.6 Å². The van der Waals surface area contributed by atoms with Crippen LogP contribution in [-0.2, 0) is 16.9 Å². The Morgan fingerprint density at radius 3 is 2.92 bits per heavy atom. The van der Waals surface area contributed by atoms with Gasteiger partial charge in [-0.05, 0) is 32.8 Å². The second kappa shape index (κ2) is 6.59. The molecule has 0 aromatic carbocycles. The zero-order valence-electron chi connectivity index (χ0n) is 14.4. The minimum Gasteiger partial charge on any atom is -0.386 e. The number of halogens is 1. The molecular formula is C18H22ClN3O2S. The summed E-state index contributed by atoms with van der Waals surface area (Å²) in [6.07, 6.45) is 5.05. The summed E-state index contributed by atoms with van der Waals surface area (Å²) in [6.45, 7) is 6.26. The highest BCUT2D eigenvalue weighted by molar-refractivity contribution is 7.16. The number of likely N-dealkylation sites (tertiary alicyclic amines) is 1. The molecule has 0 bridgehead atoms. The topological polar surface area (TPSA) is 58.5 Å². The van der Waals surface area contributed by atoms with E-state index in [1.165, 1.54) is 0 Å². The summed E-state index contributed by atoms with van der Waals surface area (Å²) in [4.78, 5) is 12.1. The van der Waals surface area contributed by atoms with E-state index in [0.717, 1.165) is 52.1 Å². The summed E-state index contributed by atoms with van der Waals surface area (Å²) in [5.41, 5.74) is 1.77. The zero-order chi connectivity index (χ0) is 17.6. The van der Waals surface area contributed by atoms with Crippen molar-refractivity contribution >= 4 is 22.9 Å². The van der Waals surface area contributed by atoms with Crippen molar-refractivity contribution in [1.29, 1.82) is 0 Å². The van der Waals surface area contributed by atoms with Crippen LogP contribution in [0, 0.1) is 6.92 Å². The number of fused-ring (bicyclic) bond motifs is 2. The number of ether oxygens (including phenoxy) is 1. The van der Waals surface area contributed by atoms with Crippen molar-refractivity contribution < 1.29 is 9.84 Å². The van der Waals surface area contributed by atoms with Gasteiger partial charge < -0.3 is 9.84 Å². The van der Waals surface area contributed by atoms with Crippen molar-refractivity contribution in [2.24, 2.45) is 0 Å². The van der Waals surface area contributed by atoms with Crippen molar-refractivity contribution in [3.63, 3.8) is 0 Å². The number of aliphatic hydroxyl groups excluding tert-OH is 1. The first-order chi connectivity index (χ1) is 12.0. The lowest BCUT2D eigenvalue weighted by atomic mass is 9.81. The van der Waals surface area contributed by atoms with Crippen LogP contribution in [0.1, 0.15) is 47.7 Å². The van der Waals surface area contributed by atoms with Gasteiger partial charge in [0.1, 0.15) is 17.5 Å². The van der Waals surface area contributed by atoms with E-state index in [4.69, 9.17) is 16.3 Å². The Labute approximate surface area is 156 Å². The van der Waals surface area contributed by atoms with Crippen molar-refractivity contribution in [3.8, 4) is 0 Å². The molecule has 0 aliphatic carbocycles. The van der Waals surface area contributed by atoms with E-state index in [0.29, 0.717) is 12.6 Å². The molecule has 7 heteroatoms. The minimum atomic E-state index is -0.567. The highest BCUT2D eigenvalue weighted by Crippen LogP contribution is 2.50. The Hall–Kier alpha value is -1.05. The molecule has 134 valence electrons. The molecule has 1 fully saturated rings. The van der Waals surface area contributed by atoms with Crippen LogP contribution in [0.5, 0.6) is 0 Å². The second-order valence-electron chi connectivity index (χ2n) is 7.07. The molecule has 5 nitrogen and oxygen atoms in total. The van der Waals surface area contributed by atoms with Gasteiger partial charge in [0.2, 0.25) is 0 Å². The van der Waals surface area contributed by atoms with Crippen LogP contribution in [0.3, 0.4) is 0 Å². The third-order valence-electron chi connectivity index (χ3n) is 5.29. The molecule has 1 N–H and O–H groups in total. The summed E-state index contributed by atoms with van der Waals surface area (Å²) in [5, 5.41) is 10.2. The number of aryl methyl sites for hydroxylation is 1. The van der Waals surface area contributed by atoms with Gasteiger partial charge in [-0.2, -0.15) is 0 Å². The maximum atomic E-state index is 10.2.